The first-order chi connectivity index (χ1) is 18.0. The zero-order valence-electron chi connectivity index (χ0n) is 20.6. The maximum absolute atomic E-state index is 13.2. The predicted molar refractivity (Wildman–Crippen MR) is 145 cm³/mol. The van der Waals surface area contributed by atoms with Crippen molar-refractivity contribution >= 4 is 34.9 Å². The number of hydrogen-bond donors (Lipinski definition) is 0. The van der Waals surface area contributed by atoms with Crippen molar-refractivity contribution in [2.45, 2.75) is 18.1 Å². The Kier molecular flexibility index (Phi) is 7.57. The third kappa shape index (κ3) is 5.40. The second kappa shape index (κ2) is 11.2. The number of carbonyl (C=O) groups is 2. The van der Waals surface area contributed by atoms with Crippen LogP contribution in [0, 0.1) is 0 Å². The van der Waals surface area contributed by atoms with E-state index in [0.717, 1.165) is 21.9 Å². The normalized spacial score (nSPS) is 15.6. The first-order valence-electron chi connectivity index (χ1n) is 12.0. The van der Waals surface area contributed by atoms with Gasteiger partial charge in [0.2, 0.25) is 5.91 Å². The van der Waals surface area contributed by atoms with E-state index < -0.39 is 0 Å². The Balaban J connectivity index is 1.30. The molecule has 4 aromatic rings. The Labute approximate surface area is 223 Å². The number of piperazine rings is 1. The number of methoxy groups -OCH3 is 1. The lowest BCUT2D eigenvalue weighted by molar-refractivity contribution is -0.130. The van der Waals surface area contributed by atoms with Crippen LogP contribution in [0.25, 0.3) is 17.1 Å². The Morgan fingerprint density at radius 3 is 2.62 bits per heavy atom. The van der Waals surface area contributed by atoms with Crippen molar-refractivity contribution in [1.82, 2.24) is 24.6 Å². The summed E-state index contributed by atoms with van der Waals surface area (Å²) in [5.74, 6) is 1.69. The number of para-hydroxylation sites is 1. The molecule has 0 aliphatic carbocycles. The molecule has 5 rings (SSSR count). The van der Waals surface area contributed by atoms with Crippen LogP contribution in [-0.4, -0.2) is 74.9 Å². The Hall–Kier alpha value is -3.63. The molecule has 1 aliphatic heterocycles. The molecule has 0 radical (unpaired) electrons. The van der Waals surface area contributed by atoms with E-state index in [1.807, 2.05) is 93.4 Å². The first kappa shape index (κ1) is 25.0. The van der Waals surface area contributed by atoms with Crippen molar-refractivity contribution in [1.29, 1.82) is 0 Å². The Morgan fingerprint density at radius 1 is 1.05 bits per heavy atom. The number of benzene rings is 2. The highest BCUT2D eigenvalue weighted by atomic mass is 32.2. The van der Waals surface area contributed by atoms with E-state index in [1.54, 1.807) is 7.11 Å². The average Bonchev–Trinajstić information content (AvgIpc) is 3.62. The van der Waals surface area contributed by atoms with Gasteiger partial charge < -0.3 is 14.5 Å². The SMILES string of the molecule is COc1cccc(-c2nnc(SCC(=O)N3CCN(C(=O)c4cccs4)C(C)C3)n2-c2ccccc2)c1. The fraction of sp³-hybridized carbons (Fsp3) is 0.259. The van der Waals surface area contributed by atoms with Gasteiger partial charge in [-0.15, -0.1) is 21.5 Å². The molecule has 3 heterocycles. The number of thioether (sulfide) groups is 1. The Bertz CT molecular complexity index is 1370. The van der Waals surface area contributed by atoms with Gasteiger partial charge in [-0.2, -0.15) is 0 Å². The van der Waals surface area contributed by atoms with Crippen LogP contribution >= 0.6 is 23.1 Å². The fourth-order valence-electron chi connectivity index (χ4n) is 4.37. The number of thiophene rings is 1. The second-order valence-electron chi connectivity index (χ2n) is 8.66. The lowest BCUT2D eigenvalue weighted by Crippen LogP contribution is -2.55. The molecule has 1 fully saturated rings. The highest BCUT2D eigenvalue weighted by Crippen LogP contribution is 2.30. The van der Waals surface area contributed by atoms with Gasteiger partial charge in [-0.05, 0) is 42.6 Å². The quantitative estimate of drug-likeness (QED) is 0.326. The highest BCUT2D eigenvalue weighted by molar-refractivity contribution is 7.99. The molecule has 190 valence electrons. The minimum absolute atomic E-state index is 0.0191. The van der Waals surface area contributed by atoms with E-state index in [4.69, 9.17) is 4.74 Å². The molecular formula is C27H27N5O3S2. The lowest BCUT2D eigenvalue weighted by Gasteiger charge is -2.39. The van der Waals surface area contributed by atoms with Crippen molar-refractivity contribution in [2.24, 2.45) is 0 Å². The molecule has 10 heteroatoms. The number of rotatable bonds is 7. The predicted octanol–water partition coefficient (Wildman–Crippen LogP) is 4.47. The number of hydrogen-bond acceptors (Lipinski definition) is 7. The molecule has 1 atom stereocenters. The fourth-order valence-corrected chi connectivity index (χ4v) is 5.90. The van der Waals surface area contributed by atoms with E-state index in [0.29, 0.717) is 30.6 Å². The summed E-state index contributed by atoms with van der Waals surface area (Å²) in [7, 11) is 1.63. The second-order valence-corrected chi connectivity index (χ2v) is 10.6. The van der Waals surface area contributed by atoms with E-state index >= 15 is 0 Å². The van der Waals surface area contributed by atoms with Gasteiger partial charge in [0.15, 0.2) is 11.0 Å². The monoisotopic (exact) mass is 533 g/mol. The molecule has 1 saturated heterocycles. The van der Waals surface area contributed by atoms with Crippen molar-refractivity contribution in [3.05, 3.63) is 77.0 Å². The minimum atomic E-state index is -0.0510. The average molecular weight is 534 g/mol. The van der Waals surface area contributed by atoms with E-state index in [9.17, 15) is 9.59 Å². The first-order valence-corrected chi connectivity index (χ1v) is 13.8. The van der Waals surface area contributed by atoms with Crippen molar-refractivity contribution < 1.29 is 14.3 Å². The van der Waals surface area contributed by atoms with Gasteiger partial charge in [-0.1, -0.05) is 48.2 Å². The molecule has 0 bridgehead atoms. The standard InChI is InChI=1S/C27H27N5O3S2/c1-19-17-30(13-14-31(19)26(34)23-12-7-15-36-23)24(33)18-37-27-29-28-25(20-8-6-11-22(16-20)35-2)32(27)21-9-4-3-5-10-21/h3-12,15-16,19H,13-14,17-18H2,1-2H3. The zero-order valence-corrected chi connectivity index (χ0v) is 22.2. The largest absolute Gasteiger partial charge is 0.497 e. The van der Waals surface area contributed by atoms with Gasteiger partial charge in [-0.3, -0.25) is 14.2 Å². The molecule has 1 unspecified atom stereocenters. The van der Waals surface area contributed by atoms with Gasteiger partial charge >= 0.3 is 0 Å². The van der Waals surface area contributed by atoms with Crippen LogP contribution in [0.4, 0.5) is 0 Å². The van der Waals surface area contributed by atoms with Crippen LogP contribution in [-0.2, 0) is 4.79 Å². The van der Waals surface area contributed by atoms with Crippen molar-refractivity contribution in [2.75, 3.05) is 32.5 Å². The molecule has 2 aromatic carbocycles. The summed E-state index contributed by atoms with van der Waals surface area (Å²) in [6, 6.07) is 21.2. The van der Waals surface area contributed by atoms with Gasteiger partial charge in [-0.25, -0.2) is 0 Å². The number of nitrogens with zero attached hydrogens (tertiary/aromatic N) is 5. The summed E-state index contributed by atoms with van der Waals surface area (Å²) >= 11 is 2.81. The van der Waals surface area contributed by atoms with Gasteiger partial charge in [0.1, 0.15) is 5.75 Å². The third-order valence-electron chi connectivity index (χ3n) is 6.27. The molecule has 2 aromatic heterocycles. The minimum Gasteiger partial charge on any atom is -0.497 e. The van der Waals surface area contributed by atoms with Crippen LogP contribution in [0.1, 0.15) is 16.6 Å². The molecule has 0 N–H and O–H groups in total. The van der Waals surface area contributed by atoms with Gasteiger partial charge in [0, 0.05) is 36.9 Å². The van der Waals surface area contributed by atoms with Crippen LogP contribution in [0.5, 0.6) is 5.75 Å². The van der Waals surface area contributed by atoms with E-state index in [1.165, 1.54) is 23.1 Å². The summed E-state index contributed by atoms with van der Waals surface area (Å²) in [5.41, 5.74) is 1.78. The van der Waals surface area contributed by atoms with Crippen LogP contribution in [0.15, 0.2) is 77.3 Å². The molecule has 37 heavy (non-hydrogen) atoms. The summed E-state index contributed by atoms with van der Waals surface area (Å²) in [6.45, 7) is 3.54. The molecule has 8 nitrogen and oxygen atoms in total. The summed E-state index contributed by atoms with van der Waals surface area (Å²) in [5, 5.41) is 11.4. The van der Waals surface area contributed by atoms with Gasteiger partial charge in [0.25, 0.3) is 5.91 Å². The summed E-state index contributed by atoms with van der Waals surface area (Å²) in [4.78, 5) is 30.4. The van der Waals surface area contributed by atoms with Gasteiger partial charge in [0.05, 0.1) is 17.7 Å². The number of carbonyl (C=O) groups excluding carboxylic acids is 2. The molecular weight excluding hydrogens is 506 g/mol. The molecule has 1 aliphatic rings. The number of aromatic nitrogens is 3. The van der Waals surface area contributed by atoms with Crippen LogP contribution in [0.3, 0.4) is 0 Å². The zero-order chi connectivity index (χ0) is 25.8. The molecule has 2 amide bonds. The summed E-state index contributed by atoms with van der Waals surface area (Å²) < 4.78 is 7.36. The maximum atomic E-state index is 13.2. The topological polar surface area (TPSA) is 80.6 Å². The van der Waals surface area contributed by atoms with Crippen LogP contribution < -0.4 is 4.74 Å². The van der Waals surface area contributed by atoms with E-state index in [-0.39, 0.29) is 23.6 Å². The Morgan fingerprint density at radius 2 is 1.89 bits per heavy atom. The molecule has 0 spiro atoms. The van der Waals surface area contributed by atoms with E-state index in [2.05, 4.69) is 10.2 Å². The lowest BCUT2D eigenvalue weighted by atomic mass is 10.2. The summed E-state index contributed by atoms with van der Waals surface area (Å²) in [6.07, 6.45) is 0. The van der Waals surface area contributed by atoms with Crippen molar-refractivity contribution in [3.63, 3.8) is 0 Å². The van der Waals surface area contributed by atoms with Crippen molar-refractivity contribution in [3.8, 4) is 22.8 Å². The smallest absolute Gasteiger partial charge is 0.264 e. The highest BCUT2D eigenvalue weighted by Gasteiger charge is 2.31. The maximum Gasteiger partial charge on any atom is 0.264 e. The van der Waals surface area contributed by atoms with Crippen LogP contribution in [0.2, 0.25) is 0 Å². The molecule has 0 saturated carbocycles. The number of amides is 2. The third-order valence-corrected chi connectivity index (χ3v) is 8.05. The number of ether oxygens (including phenoxy) is 1.